The summed E-state index contributed by atoms with van der Waals surface area (Å²) in [5.74, 6) is 0.0914. The molecule has 1 N–H and O–H groups in total. The van der Waals surface area contributed by atoms with Crippen LogP contribution in [0.5, 0.6) is 0 Å². The largest absolute Gasteiger partial charge is 0.366 e. The highest BCUT2D eigenvalue weighted by Gasteiger charge is 2.26. The molecule has 0 spiro atoms. The molecule has 23 heavy (non-hydrogen) atoms. The van der Waals surface area contributed by atoms with Crippen LogP contribution in [0.2, 0.25) is 0 Å². The Morgan fingerprint density at radius 2 is 2.26 bits per heavy atom. The molecule has 1 aliphatic heterocycles. The first-order valence-electron chi connectivity index (χ1n) is 7.18. The Morgan fingerprint density at radius 1 is 1.52 bits per heavy atom. The van der Waals surface area contributed by atoms with Gasteiger partial charge in [0.25, 0.3) is 5.69 Å². The molecule has 0 radical (unpaired) electrons. The molecule has 1 heterocycles. The predicted molar refractivity (Wildman–Crippen MR) is 85.6 cm³/mol. The molecule has 0 amide bonds. The summed E-state index contributed by atoms with van der Waals surface area (Å²) in [5.41, 5.74) is 0.617. The van der Waals surface area contributed by atoms with E-state index < -0.39 is 14.9 Å². The van der Waals surface area contributed by atoms with Gasteiger partial charge in [-0.3, -0.25) is 10.1 Å². The summed E-state index contributed by atoms with van der Waals surface area (Å²) >= 11 is 0. The van der Waals surface area contributed by atoms with Crippen LogP contribution in [0.25, 0.3) is 0 Å². The second-order valence-electron chi connectivity index (χ2n) is 5.65. The van der Waals surface area contributed by atoms with Crippen molar-refractivity contribution in [2.75, 3.05) is 30.8 Å². The lowest BCUT2D eigenvalue weighted by Crippen LogP contribution is -2.41. The second-order valence-corrected chi connectivity index (χ2v) is 7.48. The zero-order valence-corrected chi connectivity index (χ0v) is 13.5. The Bertz CT molecular complexity index is 742. The number of rotatable bonds is 5. The van der Waals surface area contributed by atoms with Gasteiger partial charge in [0.15, 0.2) is 0 Å². The number of anilines is 1. The molecule has 124 valence electrons. The summed E-state index contributed by atoms with van der Waals surface area (Å²) in [5, 5.41) is 20.1. The van der Waals surface area contributed by atoms with E-state index in [-0.39, 0.29) is 17.2 Å². The van der Waals surface area contributed by atoms with Crippen molar-refractivity contribution in [3.8, 4) is 6.07 Å². The molecule has 1 aromatic rings. The molecule has 1 aliphatic rings. The molecule has 0 bridgehead atoms. The predicted octanol–water partition coefficient (Wildman–Crippen LogP) is 1.23. The number of benzene rings is 1. The van der Waals surface area contributed by atoms with Crippen LogP contribution < -0.4 is 9.62 Å². The Kier molecular flexibility index (Phi) is 5.18. The maximum Gasteiger partial charge on any atom is 0.293 e. The van der Waals surface area contributed by atoms with Gasteiger partial charge in [-0.1, -0.05) is 0 Å². The fourth-order valence-electron chi connectivity index (χ4n) is 2.73. The monoisotopic (exact) mass is 338 g/mol. The van der Waals surface area contributed by atoms with E-state index in [9.17, 15) is 18.5 Å². The summed E-state index contributed by atoms with van der Waals surface area (Å²) < 4.78 is 24.9. The van der Waals surface area contributed by atoms with E-state index in [4.69, 9.17) is 5.26 Å². The van der Waals surface area contributed by atoms with Gasteiger partial charge in [-0.05, 0) is 30.9 Å². The van der Waals surface area contributed by atoms with Gasteiger partial charge in [0.1, 0.15) is 5.69 Å². The van der Waals surface area contributed by atoms with Crippen LogP contribution >= 0.6 is 0 Å². The van der Waals surface area contributed by atoms with E-state index in [2.05, 4.69) is 4.72 Å². The average molecular weight is 338 g/mol. The Hall–Kier alpha value is -2.18. The fraction of sp³-hybridized carbons (Fsp3) is 0.500. The van der Waals surface area contributed by atoms with Gasteiger partial charge in [0.05, 0.1) is 22.8 Å². The Balaban J connectivity index is 2.18. The van der Waals surface area contributed by atoms with Gasteiger partial charge >= 0.3 is 0 Å². The van der Waals surface area contributed by atoms with Crippen molar-refractivity contribution >= 4 is 21.4 Å². The summed E-state index contributed by atoms with van der Waals surface area (Å²) in [7, 11) is -3.25. The van der Waals surface area contributed by atoms with Crippen LogP contribution in [-0.4, -0.2) is 39.2 Å². The lowest BCUT2D eigenvalue weighted by Gasteiger charge is -2.34. The van der Waals surface area contributed by atoms with Crippen LogP contribution in [0.1, 0.15) is 18.4 Å². The summed E-state index contributed by atoms with van der Waals surface area (Å²) in [6, 6.07) is 6.31. The number of sulfonamides is 1. The molecule has 1 atom stereocenters. The van der Waals surface area contributed by atoms with Gasteiger partial charge in [0.2, 0.25) is 10.0 Å². The average Bonchev–Trinajstić information content (AvgIpc) is 2.52. The molecular weight excluding hydrogens is 320 g/mol. The van der Waals surface area contributed by atoms with E-state index >= 15 is 0 Å². The quantitative estimate of drug-likeness (QED) is 0.637. The molecule has 8 nitrogen and oxygen atoms in total. The van der Waals surface area contributed by atoms with Crippen molar-refractivity contribution in [3.63, 3.8) is 0 Å². The van der Waals surface area contributed by atoms with Crippen LogP contribution in [0.3, 0.4) is 0 Å². The molecule has 2 rings (SSSR count). The second kappa shape index (κ2) is 6.93. The van der Waals surface area contributed by atoms with Crippen molar-refractivity contribution in [1.82, 2.24) is 4.72 Å². The highest BCUT2D eigenvalue weighted by molar-refractivity contribution is 7.88. The number of piperidine rings is 1. The molecule has 1 fully saturated rings. The van der Waals surface area contributed by atoms with Crippen LogP contribution in [0, 0.1) is 27.4 Å². The zero-order valence-electron chi connectivity index (χ0n) is 12.7. The van der Waals surface area contributed by atoms with Crippen molar-refractivity contribution in [1.29, 1.82) is 5.26 Å². The third kappa shape index (κ3) is 4.64. The van der Waals surface area contributed by atoms with E-state index in [1.165, 1.54) is 6.07 Å². The highest BCUT2D eigenvalue weighted by atomic mass is 32.2. The Morgan fingerprint density at radius 3 is 2.87 bits per heavy atom. The minimum absolute atomic E-state index is 0.0914. The number of hydrogen-bond acceptors (Lipinski definition) is 6. The van der Waals surface area contributed by atoms with Crippen LogP contribution in [0.15, 0.2) is 18.2 Å². The smallest absolute Gasteiger partial charge is 0.293 e. The minimum Gasteiger partial charge on any atom is -0.366 e. The number of nitrogens with one attached hydrogen (secondary N) is 1. The van der Waals surface area contributed by atoms with Gasteiger partial charge < -0.3 is 4.90 Å². The van der Waals surface area contributed by atoms with Gasteiger partial charge in [-0.15, -0.1) is 0 Å². The summed E-state index contributed by atoms with van der Waals surface area (Å²) in [6.07, 6.45) is 2.80. The zero-order chi connectivity index (χ0) is 17.0. The standard InChI is InChI=1S/C14H18N4O4S/c1-23(21,22)16-9-12-3-2-6-17(10-12)13-5-4-11(8-15)7-14(13)18(19)20/h4-5,7,12,16H,2-3,6,9-10H2,1H3. The van der Waals surface area contributed by atoms with E-state index in [1.807, 2.05) is 11.0 Å². The van der Waals surface area contributed by atoms with E-state index in [0.29, 0.717) is 25.3 Å². The highest BCUT2D eigenvalue weighted by Crippen LogP contribution is 2.32. The first kappa shape index (κ1) is 17.2. The third-order valence-electron chi connectivity index (χ3n) is 3.80. The molecule has 1 aromatic carbocycles. The van der Waals surface area contributed by atoms with Crippen LogP contribution in [0.4, 0.5) is 11.4 Å². The molecular formula is C14H18N4O4S. The fourth-order valence-corrected chi connectivity index (χ4v) is 3.26. The summed E-state index contributed by atoms with van der Waals surface area (Å²) in [4.78, 5) is 12.6. The first-order chi connectivity index (χ1) is 10.8. The lowest BCUT2D eigenvalue weighted by molar-refractivity contribution is -0.384. The maximum absolute atomic E-state index is 11.2. The molecule has 0 aliphatic carbocycles. The van der Waals surface area contributed by atoms with Crippen molar-refractivity contribution in [3.05, 3.63) is 33.9 Å². The van der Waals surface area contributed by atoms with Gasteiger partial charge in [0, 0.05) is 25.7 Å². The van der Waals surface area contributed by atoms with Gasteiger partial charge in [-0.2, -0.15) is 5.26 Å². The summed E-state index contributed by atoms with van der Waals surface area (Å²) in [6.45, 7) is 1.52. The van der Waals surface area contributed by atoms with Crippen LogP contribution in [-0.2, 0) is 10.0 Å². The number of nitro groups is 1. The Labute approximate surface area is 134 Å². The van der Waals surface area contributed by atoms with E-state index in [1.54, 1.807) is 12.1 Å². The molecule has 0 aromatic heterocycles. The van der Waals surface area contributed by atoms with E-state index in [0.717, 1.165) is 19.1 Å². The molecule has 1 saturated heterocycles. The number of nitrogens with zero attached hydrogens (tertiary/aromatic N) is 3. The minimum atomic E-state index is -3.25. The van der Waals surface area contributed by atoms with Gasteiger partial charge in [-0.25, -0.2) is 13.1 Å². The SMILES string of the molecule is CS(=O)(=O)NCC1CCCN(c2ccc(C#N)cc2[N+](=O)[O-])C1. The number of hydrogen-bond donors (Lipinski definition) is 1. The van der Waals surface area contributed by atoms with Crippen molar-refractivity contribution in [2.45, 2.75) is 12.8 Å². The lowest BCUT2D eigenvalue weighted by atomic mass is 9.97. The first-order valence-corrected chi connectivity index (χ1v) is 9.07. The topological polar surface area (TPSA) is 116 Å². The third-order valence-corrected chi connectivity index (χ3v) is 4.49. The molecule has 1 unspecified atom stereocenters. The normalized spacial score (nSPS) is 18.4. The molecule has 0 saturated carbocycles. The number of nitriles is 1. The maximum atomic E-state index is 11.2. The number of nitro benzene ring substituents is 1. The van der Waals surface area contributed by atoms with Crippen molar-refractivity contribution < 1.29 is 13.3 Å². The van der Waals surface area contributed by atoms with Crippen molar-refractivity contribution in [2.24, 2.45) is 5.92 Å². The molecule has 9 heteroatoms.